The van der Waals surface area contributed by atoms with Crippen LogP contribution in [0, 0.1) is 5.92 Å². The zero-order valence-electron chi connectivity index (χ0n) is 5.10. The highest BCUT2D eigenvalue weighted by Gasteiger charge is 1.94. The van der Waals surface area contributed by atoms with Crippen molar-refractivity contribution in [2.24, 2.45) is 5.92 Å². The lowest BCUT2D eigenvalue weighted by Crippen LogP contribution is -2.21. The molecular weight excluding hydrogens is 122 g/mol. The predicted molar refractivity (Wildman–Crippen MR) is 35.8 cm³/mol. The van der Waals surface area contributed by atoms with Gasteiger partial charge in [0.1, 0.15) is 0 Å². The average molecular weight is 132 g/mol. The molecule has 0 rings (SSSR count). The van der Waals surface area contributed by atoms with Gasteiger partial charge in [-0.1, -0.05) is 13.8 Å². The monoisotopic (exact) mass is 132 g/mol. The van der Waals surface area contributed by atoms with Crippen LogP contribution < -0.4 is 5.32 Å². The van der Waals surface area contributed by atoms with Crippen LogP contribution in [-0.2, 0) is 0 Å². The molecule has 0 atom stereocenters. The Labute approximate surface area is 55.1 Å². The maximum atomic E-state index is 10.1. The van der Waals surface area contributed by atoms with Crippen molar-refractivity contribution >= 4 is 17.9 Å². The Morgan fingerprint density at radius 1 is 1.75 bits per heavy atom. The third-order valence-corrected chi connectivity index (χ3v) is 0.799. The molecule has 0 aliphatic carbocycles. The highest BCUT2D eigenvalue weighted by Crippen LogP contribution is 1.87. The molecular formula is C5H10NOS. The molecule has 1 N–H and O–H groups in total. The van der Waals surface area contributed by atoms with E-state index in [9.17, 15) is 4.79 Å². The van der Waals surface area contributed by atoms with Gasteiger partial charge in [0.2, 0.25) is 0 Å². The molecule has 3 heteroatoms. The van der Waals surface area contributed by atoms with E-state index in [1.807, 2.05) is 13.8 Å². The Hall–Kier alpha value is -0.310. The summed E-state index contributed by atoms with van der Waals surface area (Å²) >= 11 is 4.25. The molecule has 0 unspecified atom stereocenters. The maximum absolute atomic E-state index is 10.1. The van der Waals surface area contributed by atoms with Gasteiger partial charge >= 0.3 is 5.24 Å². The number of hydrogen-bond donors (Lipinski definition) is 1. The van der Waals surface area contributed by atoms with Gasteiger partial charge in [-0.3, -0.25) is 4.79 Å². The van der Waals surface area contributed by atoms with Crippen molar-refractivity contribution in [2.45, 2.75) is 13.8 Å². The van der Waals surface area contributed by atoms with Gasteiger partial charge in [0, 0.05) is 6.54 Å². The minimum atomic E-state index is -0.362. The quantitative estimate of drug-likeness (QED) is 0.606. The second-order valence-electron chi connectivity index (χ2n) is 2.06. The molecule has 1 radical (unpaired) electrons. The first-order valence-corrected chi connectivity index (χ1v) is 2.98. The molecule has 0 heterocycles. The van der Waals surface area contributed by atoms with Crippen molar-refractivity contribution in [3.63, 3.8) is 0 Å². The lowest BCUT2D eigenvalue weighted by atomic mass is 10.2. The number of carbonyl (C=O) groups is 1. The van der Waals surface area contributed by atoms with Gasteiger partial charge in [-0.25, -0.2) is 0 Å². The summed E-state index contributed by atoms with van der Waals surface area (Å²) in [6.45, 7) is 4.72. The molecule has 0 saturated heterocycles. The van der Waals surface area contributed by atoms with E-state index < -0.39 is 0 Å². The van der Waals surface area contributed by atoms with E-state index in [1.165, 1.54) is 0 Å². The Morgan fingerprint density at radius 3 is 2.38 bits per heavy atom. The lowest BCUT2D eigenvalue weighted by molar-refractivity contribution is 0.260. The van der Waals surface area contributed by atoms with Gasteiger partial charge in [0.15, 0.2) is 0 Å². The molecule has 8 heavy (non-hydrogen) atoms. The van der Waals surface area contributed by atoms with Crippen LogP contribution in [0.15, 0.2) is 0 Å². The first-order valence-electron chi connectivity index (χ1n) is 2.57. The maximum Gasteiger partial charge on any atom is 0.310 e. The van der Waals surface area contributed by atoms with E-state index >= 15 is 0 Å². The lowest BCUT2D eigenvalue weighted by Gasteiger charge is -2.01. The fourth-order valence-corrected chi connectivity index (χ4v) is 0.371. The van der Waals surface area contributed by atoms with Crippen LogP contribution in [0.4, 0.5) is 4.79 Å². The fraction of sp³-hybridized carbons (Fsp3) is 0.800. The molecule has 2 nitrogen and oxygen atoms in total. The Kier molecular flexibility index (Phi) is 3.52. The van der Waals surface area contributed by atoms with Crippen LogP contribution in [0.25, 0.3) is 0 Å². The van der Waals surface area contributed by atoms with E-state index in [4.69, 9.17) is 0 Å². The standard InChI is InChI=1S/C5H10NOS/c1-4(2)3-6-5(7)8/h4H,3H2,1-2H3,(H,6,7). The fourth-order valence-electron chi connectivity index (χ4n) is 0.287. The van der Waals surface area contributed by atoms with E-state index in [0.717, 1.165) is 0 Å². The SMILES string of the molecule is CC(C)CNC(=O)[S]. The molecule has 0 aromatic rings. The molecule has 0 spiro atoms. The van der Waals surface area contributed by atoms with Crippen LogP contribution in [-0.4, -0.2) is 11.8 Å². The van der Waals surface area contributed by atoms with Gasteiger partial charge in [-0.15, -0.1) is 0 Å². The second-order valence-corrected chi connectivity index (χ2v) is 2.43. The third-order valence-electron chi connectivity index (χ3n) is 0.655. The number of amides is 1. The second kappa shape index (κ2) is 3.66. The van der Waals surface area contributed by atoms with Crippen LogP contribution in [0.5, 0.6) is 0 Å². The highest BCUT2D eigenvalue weighted by atomic mass is 32.1. The molecule has 0 fully saturated rings. The minimum Gasteiger partial charge on any atom is -0.343 e. The first-order chi connectivity index (χ1) is 3.63. The predicted octanol–water partition coefficient (Wildman–Crippen LogP) is 1.55. The van der Waals surface area contributed by atoms with Crippen LogP contribution >= 0.6 is 12.6 Å². The summed E-state index contributed by atoms with van der Waals surface area (Å²) in [5.74, 6) is 0.488. The average Bonchev–Trinajstić information content (AvgIpc) is 1.61. The minimum absolute atomic E-state index is 0.362. The largest absolute Gasteiger partial charge is 0.343 e. The number of carbonyl (C=O) groups excluding carboxylic acids is 1. The topological polar surface area (TPSA) is 29.1 Å². The normalized spacial score (nSPS) is 9.38. The molecule has 0 bridgehead atoms. The Morgan fingerprint density at radius 2 is 2.25 bits per heavy atom. The highest BCUT2D eigenvalue weighted by molar-refractivity contribution is 7.96. The van der Waals surface area contributed by atoms with Crippen molar-refractivity contribution in [2.75, 3.05) is 6.54 Å². The number of hydrogen-bond acceptors (Lipinski definition) is 1. The van der Waals surface area contributed by atoms with E-state index in [0.29, 0.717) is 12.5 Å². The summed E-state index contributed by atoms with van der Waals surface area (Å²) in [5, 5.41) is 2.16. The summed E-state index contributed by atoms with van der Waals surface area (Å²) in [5.41, 5.74) is 0. The van der Waals surface area contributed by atoms with E-state index in [-0.39, 0.29) is 5.24 Å². The van der Waals surface area contributed by atoms with Gasteiger partial charge in [-0.2, -0.15) is 0 Å². The van der Waals surface area contributed by atoms with Gasteiger partial charge in [0.25, 0.3) is 0 Å². The van der Waals surface area contributed by atoms with Crippen molar-refractivity contribution in [1.29, 1.82) is 0 Å². The summed E-state index contributed by atoms with van der Waals surface area (Å²) in [6, 6.07) is 0. The first kappa shape index (κ1) is 7.69. The summed E-state index contributed by atoms with van der Waals surface area (Å²) < 4.78 is 0. The summed E-state index contributed by atoms with van der Waals surface area (Å²) in [7, 11) is 0. The Balaban J connectivity index is 3.05. The number of nitrogens with one attached hydrogen (secondary N) is 1. The van der Waals surface area contributed by atoms with Crippen LogP contribution in [0.3, 0.4) is 0 Å². The van der Waals surface area contributed by atoms with Crippen molar-refractivity contribution < 1.29 is 4.79 Å². The van der Waals surface area contributed by atoms with Crippen LogP contribution in [0.2, 0.25) is 0 Å². The van der Waals surface area contributed by atoms with Gasteiger partial charge in [0.05, 0.1) is 0 Å². The molecule has 0 aromatic carbocycles. The third kappa shape index (κ3) is 5.69. The smallest absolute Gasteiger partial charge is 0.310 e. The van der Waals surface area contributed by atoms with Crippen molar-refractivity contribution in [3.8, 4) is 0 Å². The molecule has 0 aliphatic rings. The molecule has 47 valence electrons. The van der Waals surface area contributed by atoms with Crippen molar-refractivity contribution in [1.82, 2.24) is 5.32 Å². The molecule has 0 aliphatic heterocycles. The van der Waals surface area contributed by atoms with Crippen LogP contribution in [0.1, 0.15) is 13.8 Å². The summed E-state index contributed by atoms with van der Waals surface area (Å²) in [6.07, 6.45) is 0. The van der Waals surface area contributed by atoms with Gasteiger partial charge < -0.3 is 5.32 Å². The summed E-state index contributed by atoms with van der Waals surface area (Å²) in [4.78, 5) is 10.1. The zero-order valence-corrected chi connectivity index (χ0v) is 5.92. The van der Waals surface area contributed by atoms with E-state index in [1.54, 1.807) is 0 Å². The molecule has 0 aromatic heterocycles. The molecule has 1 amide bonds. The van der Waals surface area contributed by atoms with E-state index in [2.05, 4.69) is 17.9 Å². The van der Waals surface area contributed by atoms with Gasteiger partial charge in [-0.05, 0) is 18.5 Å². The number of rotatable bonds is 2. The Bertz CT molecular complexity index is 82.5. The van der Waals surface area contributed by atoms with Crippen molar-refractivity contribution in [3.05, 3.63) is 0 Å². The molecule has 0 saturated carbocycles. The zero-order chi connectivity index (χ0) is 6.57.